The standard InChI is InChI=1S/C76H54N6S/c1-7-19-49(20-8-1)65-47-66(50-21-9-2-10-22-50)78-75(77-65)57-34-39-69-63(45-57)61-37-38-62-64-46-58(76-79-67(51-23-11-3-12-24-51)48-68(80-76)52-25-13-4-14-26-52)35-40-70(64)82(74(62)73(61)81(69)59-29-17-6-18-30-59)60-36-33-54-43-56(32-31-55(54)44-60)72-42-41-71(83-72)53-27-15-5-16-28-53/h1-9,11-21,23-47,63,67,69H,10,22,48H2. The number of hydrogen-bond acceptors (Lipinski definition) is 6. The van der Waals surface area contributed by atoms with Crippen LogP contribution in [0.1, 0.15) is 65.0 Å². The summed E-state index contributed by atoms with van der Waals surface area (Å²) in [5.41, 5.74) is 19.0. The van der Waals surface area contributed by atoms with Gasteiger partial charge in [0.25, 0.3) is 0 Å². The molecule has 0 saturated carbocycles. The number of amidine groups is 1. The van der Waals surface area contributed by atoms with Crippen molar-refractivity contribution >= 4 is 78.0 Å². The Labute approximate surface area is 486 Å². The monoisotopic (exact) mass is 1080 g/mol. The first-order valence-corrected chi connectivity index (χ1v) is 29.6. The summed E-state index contributed by atoms with van der Waals surface area (Å²) >= 11 is 1.84. The predicted octanol–water partition coefficient (Wildman–Crippen LogP) is 19.2. The van der Waals surface area contributed by atoms with Crippen molar-refractivity contribution in [3.8, 4) is 37.8 Å². The smallest absolute Gasteiger partial charge is 0.160 e. The first kappa shape index (κ1) is 48.8. The Morgan fingerprint density at radius 3 is 1.99 bits per heavy atom. The van der Waals surface area contributed by atoms with Crippen LogP contribution in [0.25, 0.3) is 81.6 Å². The van der Waals surface area contributed by atoms with Crippen LogP contribution in [0.4, 0.5) is 11.4 Å². The summed E-state index contributed by atoms with van der Waals surface area (Å²) < 4.78 is 2.52. The maximum atomic E-state index is 5.46. The predicted molar refractivity (Wildman–Crippen MR) is 346 cm³/mol. The van der Waals surface area contributed by atoms with E-state index in [2.05, 4.69) is 283 Å². The van der Waals surface area contributed by atoms with Gasteiger partial charge in [-0.3, -0.25) is 4.99 Å². The molecule has 3 aromatic heterocycles. The summed E-state index contributed by atoms with van der Waals surface area (Å²) in [5, 5.41) is 4.68. The second-order valence-corrected chi connectivity index (χ2v) is 23.0. The molecule has 0 bridgehead atoms. The van der Waals surface area contributed by atoms with E-state index in [1.807, 2.05) is 11.3 Å². The Kier molecular flexibility index (Phi) is 12.0. The average Bonchev–Trinajstić information content (AvgIpc) is 3.04. The molecule has 3 atom stereocenters. The third kappa shape index (κ3) is 8.80. The molecule has 2 aliphatic heterocycles. The quantitative estimate of drug-likeness (QED) is 0.137. The summed E-state index contributed by atoms with van der Waals surface area (Å²) in [7, 11) is 0. The molecule has 3 unspecified atom stereocenters. The molecule has 9 aromatic carbocycles. The largest absolute Gasteiger partial charge is 0.332 e. The number of benzene rings is 9. The highest BCUT2D eigenvalue weighted by molar-refractivity contribution is 7.18. The molecule has 7 heteroatoms. The van der Waals surface area contributed by atoms with E-state index in [1.165, 1.54) is 54.0 Å². The Bertz CT molecular complexity index is 4700. The minimum absolute atomic E-state index is 0.00664. The molecular formula is C76H54N6S. The maximum Gasteiger partial charge on any atom is 0.160 e. The van der Waals surface area contributed by atoms with Crippen molar-refractivity contribution in [2.24, 2.45) is 9.98 Å². The number of aromatic nitrogens is 3. The lowest BCUT2D eigenvalue weighted by Crippen LogP contribution is -2.29. The lowest BCUT2D eigenvalue weighted by Gasteiger charge is -2.30. The number of hydrogen-bond donors (Lipinski definition) is 0. The number of nitrogens with zero attached hydrogens (tertiary/aromatic N) is 6. The Morgan fingerprint density at radius 2 is 1.22 bits per heavy atom. The van der Waals surface area contributed by atoms with Gasteiger partial charge in [-0.2, -0.15) is 0 Å². The van der Waals surface area contributed by atoms with Gasteiger partial charge in [0.05, 0.1) is 45.9 Å². The number of aliphatic imine (C=N–C) groups is 2. The maximum absolute atomic E-state index is 5.46. The Balaban J connectivity index is 0.892. The van der Waals surface area contributed by atoms with Gasteiger partial charge in [0.1, 0.15) is 0 Å². The Hall–Kier alpha value is -10.1. The molecule has 0 spiro atoms. The minimum Gasteiger partial charge on any atom is -0.332 e. The van der Waals surface area contributed by atoms with E-state index in [4.69, 9.17) is 20.0 Å². The fourth-order valence-corrected chi connectivity index (χ4v) is 13.9. The van der Waals surface area contributed by atoms with Crippen LogP contribution < -0.4 is 4.90 Å². The van der Waals surface area contributed by atoms with Gasteiger partial charge in [-0.25, -0.2) is 15.0 Å². The highest BCUT2D eigenvalue weighted by Gasteiger charge is 2.41. The van der Waals surface area contributed by atoms with Crippen LogP contribution in [-0.4, -0.2) is 32.1 Å². The summed E-state index contributed by atoms with van der Waals surface area (Å²) in [5.74, 6) is 1.48. The molecule has 0 radical (unpaired) electrons. The van der Waals surface area contributed by atoms with Gasteiger partial charge in [0, 0.05) is 60.9 Å². The molecule has 12 aromatic rings. The van der Waals surface area contributed by atoms with Crippen LogP contribution in [0.3, 0.4) is 0 Å². The zero-order chi connectivity index (χ0) is 54.8. The van der Waals surface area contributed by atoms with Crippen LogP contribution in [-0.2, 0) is 0 Å². The molecule has 2 aliphatic carbocycles. The first-order chi connectivity index (χ1) is 41.1. The molecule has 0 saturated heterocycles. The lowest BCUT2D eigenvalue weighted by molar-refractivity contribution is 0.746. The van der Waals surface area contributed by atoms with Crippen molar-refractivity contribution in [2.75, 3.05) is 4.90 Å². The number of para-hydroxylation sites is 1. The number of rotatable bonds is 10. The molecule has 6 nitrogen and oxygen atoms in total. The van der Waals surface area contributed by atoms with Crippen molar-refractivity contribution in [1.29, 1.82) is 0 Å². The third-order valence-corrected chi connectivity index (χ3v) is 18.1. The van der Waals surface area contributed by atoms with Crippen molar-refractivity contribution < 1.29 is 0 Å². The van der Waals surface area contributed by atoms with E-state index in [1.54, 1.807) is 0 Å². The number of anilines is 2. The van der Waals surface area contributed by atoms with Crippen LogP contribution in [0.15, 0.2) is 283 Å². The van der Waals surface area contributed by atoms with E-state index >= 15 is 0 Å². The second kappa shape index (κ2) is 20.5. The normalized spacial score (nSPS) is 17.3. The van der Waals surface area contributed by atoms with E-state index in [-0.39, 0.29) is 18.0 Å². The average molecular weight is 1080 g/mol. The molecule has 0 amide bonds. The van der Waals surface area contributed by atoms with Crippen molar-refractivity contribution in [3.05, 3.63) is 307 Å². The summed E-state index contributed by atoms with van der Waals surface area (Å²) in [6, 6.07) is 85.5. The zero-order valence-corrected chi connectivity index (χ0v) is 46.2. The van der Waals surface area contributed by atoms with Gasteiger partial charge < -0.3 is 9.47 Å². The summed E-state index contributed by atoms with van der Waals surface area (Å²) in [4.78, 5) is 26.7. The van der Waals surface area contributed by atoms with Crippen LogP contribution in [0.2, 0.25) is 0 Å². The van der Waals surface area contributed by atoms with Crippen LogP contribution in [0.5, 0.6) is 0 Å². The number of fused-ring (bicyclic) bond motifs is 8. The van der Waals surface area contributed by atoms with E-state index in [9.17, 15) is 0 Å². The Morgan fingerprint density at radius 1 is 0.530 bits per heavy atom. The highest BCUT2D eigenvalue weighted by Crippen LogP contribution is 2.54. The molecule has 4 aliphatic rings. The third-order valence-electron chi connectivity index (χ3n) is 16.9. The van der Waals surface area contributed by atoms with E-state index in [0.29, 0.717) is 0 Å². The van der Waals surface area contributed by atoms with Gasteiger partial charge >= 0.3 is 0 Å². The molecule has 16 rings (SSSR count). The topological polar surface area (TPSA) is 58.7 Å². The second-order valence-electron chi connectivity index (χ2n) is 21.9. The molecule has 394 valence electrons. The fraction of sp³-hybridized carbons (Fsp3) is 0.0789. The van der Waals surface area contributed by atoms with Gasteiger partial charge in [0.2, 0.25) is 0 Å². The van der Waals surface area contributed by atoms with E-state index < -0.39 is 0 Å². The van der Waals surface area contributed by atoms with Crippen LogP contribution >= 0.6 is 11.3 Å². The fourth-order valence-electron chi connectivity index (χ4n) is 12.9. The van der Waals surface area contributed by atoms with E-state index in [0.717, 1.165) is 103 Å². The summed E-state index contributed by atoms with van der Waals surface area (Å²) in [6.07, 6.45) is 16.3. The number of thiophene rings is 1. The van der Waals surface area contributed by atoms with Gasteiger partial charge in [-0.15, -0.1) is 11.3 Å². The van der Waals surface area contributed by atoms with Gasteiger partial charge in [-0.1, -0.05) is 206 Å². The molecule has 83 heavy (non-hydrogen) atoms. The van der Waals surface area contributed by atoms with Crippen molar-refractivity contribution in [1.82, 2.24) is 14.5 Å². The zero-order valence-electron chi connectivity index (χ0n) is 45.4. The molecular weight excluding hydrogens is 1030 g/mol. The highest BCUT2D eigenvalue weighted by atomic mass is 32.1. The first-order valence-electron chi connectivity index (χ1n) is 28.7. The van der Waals surface area contributed by atoms with Crippen LogP contribution in [0, 0.1) is 0 Å². The molecule has 5 heterocycles. The van der Waals surface area contributed by atoms with Crippen molar-refractivity contribution in [2.45, 2.75) is 37.3 Å². The molecule has 0 N–H and O–H groups in total. The summed E-state index contributed by atoms with van der Waals surface area (Å²) in [6.45, 7) is 0. The van der Waals surface area contributed by atoms with Crippen molar-refractivity contribution in [3.63, 3.8) is 0 Å². The SMILES string of the molecule is C1=CCCC(c2cc(-c3ccccc3)nc(C3=CC4c5ccc6c7cc(C8=NC(c9ccccc9)CC(c9ccccc9)=N8)ccc7n(-c7ccc8cc(-c9ccc(-c%10ccccc%10)s9)ccc8c7)c6c5N(c5ccccc5)C4C=C3)n2)=C1. The number of allylic oxidation sites excluding steroid dienone is 6. The molecule has 0 fully saturated rings. The van der Waals surface area contributed by atoms with Gasteiger partial charge in [-0.05, 0) is 124 Å². The lowest BCUT2D eigenvalue weighted by atomic mass is 9.87. The minimum atomic E-state index is -0.0730. The van der Waals surface area contributed by atoms with Gasteiger partial charge in [0.15, 0.2) is 11.7 Å².